The van der Waals surface area contributed by atoms with Gasteiger partial charge in [-0.25, -0.2) is 4.98 Å². The molecule has 118 valence electrons. The number of amides is 2. The highest BCUT2D eigenvalue weighted by atomic mass is 32.2. The molecule has 8 heteroatoms. The number of hydrogen-bond acceptors (Lipinski definition) is 6. The molecule has 2 amide bonds. The molecule has 0 aliphatic rings. The molecule has 0 unspecified atom stereocenters. The van der Waals surface area contributed by atoms with Gasteiger partial charge in [0.1, 0.15) is 4.34 Å². The Balaban J connectivity index is 1.48. The zero-order valence-corrected chi connectivity index (χ0v) is 13.5. The minimum atomic E-state index is -0.308. The fourth-order valence-electron chi connectivity index (χ4n) is 1.61. The molecule has 0 aromatic carbocycles. The van der Waals surface area contributed by atoms with Crippen molar-refractivity contribution in [1.82, 2.24) is 15.6 Å². The van der Waals surface area contributed by atoms with E-state index in [1.807, 2.05) is 5.38 Å². The predicted octanol–water partition coefficient (Wildman–Crippen LogP) is 2.15. The zero-order chi connectivity index (χ0) is 15.6. The molecule has 0 atom stereocenters. The number of nitrogens with zero attached hydrogens (tertiary/aromatic N) is 1. The molecule has 2 rings (SSSR count). The van der Waals surface area contributed by atoms with Crippen molar-refractivity contribution in [3.63, 3.8) is 0 Å². The molecule has 0 saturated heterocycles. The summed E-state index contributed by atoms with van der Waals surface area (Å²) in [5.74, 6) is 0.791. The normalized spacial score (nSPS) is 10.4. The van der Waals surface area contributed by atoms with E-state index >= 15 is 0 Å². The highest BCUT2D eigenvalue weighted by Crippen LogP contribution is 2.20. The molecular weight excluding hydrogens is 322 g/mol. The largest absolute Gasteiger partial charge is 0.459 e. The van der Waals surface area contributed by atoms with Crippen molar-refractivity contribution in [2.24, 2.45) is 0 Å². The molecular formula is C14H17N3O3S2. The summed E-state index contributed by atoms with van der Waals surface area (Å²) in [6.45, 7) is 0.919. The number of furan rings is 1. The minimum Gasteiger partial charge on any atom is -0.459 e. The quantitative estimate of drug-likeness (QED) is 0.540. The number of rotatable bonds is 9. The van der Waals surface area contributed by atoms with Crippen LogP contribution in [0.5, 0.6) is 0 Å². The van der Waals surface area contributed by atoms with Crippen LogP contribution in [-0.2, 0) is 4.79 Å². The van der Waals surface area contributed by atoms with Gasteiger partial charge in [-0.2, -0.15) is 0 Å². The number of carbonyl (C=O) groups is 2. The molecule has 0 fully saturated rings. The van der Waals surface area contributed by atoms with Crippen molar-refractivity contribution in [3.8, 4) is 0 Å². The first-order chi connectivity index (χ1) is 10.8. The Morgan fingerprint density at radius 2 is 2.23 bits per heavy atom. The lowest BCUT2D eigenvalue weighted by molar-refractivity contribution is -0.120. The standard InChI is InChI=1S/C14H17N3O3S2/c18-12(4-6-16-13(19)11-3-1-8-20-11)15-5-2-9-21-14-17-7-10-22-14/h1,3,7-8,10H,2,4-6,9H2,(H,15,18)(H,16,19). The van der Waals surface area contributed by atoms with Gasteiger partial charge in [-0.3, -0.25) is 9.59 Å². The van der Waals surface area contributed by atoms with E-state index in [0.717, 1.165) is 16.5 Å². The molecule has 22 heavy (non-hydrogen) atoms. The van der Waals surface area contributed by atoms with Gasteiger partial charge in [0.25, 0.3) is 5.91 Å². The minimum absolute atomic E-state index is 0.0704. The van der Waals surface area contributed by atoms with Crippen molar-refractivity contribution in [2.45, 2.75) is 17.2 Å². The highest BCUT2D eigenvalue weighted by Gasteiger charge is 2.08. The van der Waals surface area contributed by atoms with E-state index in [9.17, 15) is 9.59 Å². The lowest BCUT2D eigenvalue weighted by atomic mass is 10.3. The highest BCUT2D eigenvalue weighted by molar-refractivity contribution is 8.00. The summed E-state index contributed by atoms with van der Waals surface area (Å²) in [6.07, 6.45) is 4.36. The molecule has 0 spiro atoms. The van der Waals surface area contributed by atoms with Gasteiger partial charge in [-0.05, 0) is 18.6 Å². The zero-order valence-electron chi connectivity index (χ0n) is 11.9. The van der Waals surface area contributed by atoms with Crippen LogP contribution in [0.1, 0.15) is 23.4 Å². The Hall–Kier alpha value is -1.80. The summed E-state index contributed by atoms with van der Waals surface area (Å²) < 4.78 is 6.00. The average molecular weight is 339 g/mol. The molecule has 2 aromatic rings. The number of thioether (sulfide) groups is 1. The number of carbonyl (C=O) groups excluding carboxylic acids is 2. The first-order valence-electron chi connectivity index (χ1n) is 6.86. The Kier molecular flexibility index (Phi) is 6.98. The smallest absolute Gasteiger partial charge is 0.286 e. The van der Waals surface area contributed by atoms with Crippen LogP contribution >= 0.6 is 23.1 Å². The van der Waals surface area contributed by atoms with Crippen LogP contribution in [0.2, 0.25) is 0 Å². The van der Waals surface area contributed by atoms with E-state index in [2.05, 4.69) is 15.6 Å². The summed E-state index contributed by atoms with van der Waals surface area (Å²) >= 11 is 3.30. The Morgan fingerprint density at radius 1 is 1.32 bits per heavy atom. The number of aromatic nitrogens is 1. The number of nitrogens with one attached hydrogen (secondary N) is 2. The van der Waals surface area contributed by atoms with E-state index < -0.39 is 0 Å². The Morgan fingerprint density at radius 3 is 2.95 bits per heavy atom. The molecule has 6 nitrogen and oxygen atoms in total. The second-order valence-electron chi connectivity index (χ2n) is 4.33. The second-order valence-corrected chi connectivity index (χ2v) is 6.57. The molecule has 0 saturated carbocycles. The van der Waals surface area contributed by atoms with Gasteiger partial charge in [0.15, 0.2) is 5.76 Å². The molecule has 2 heterocycles. The molecule has 0 aliphatic heterocycles. The molecule has 0 bridgehead atoms. The van der Waals surface area contributed by atoms with Crippen LogP contribution in [0.3, 0.4) is 0 Å². The van der Waals surface area contributed by atoms with Gasteiger partial charge >= 0.3 is 0 Å². The van der Waals surface area contributed by atoms with Crippen LogP contribution in [0.15, 0.2) is 38.7 Å². The maximum atomic E-state index is 11.6. The van der Waals surface area contributed by atoms with Crippen LogP contribution in [0.4, 0.5) is 0 Å². The molecule has 2 N–H and O–H groups in total. The number of thiazole rings is 1. The third kappa shape index (κ3) is 5.90. The van der Waals surface area contributed by atoms with Crippen molar-refractivity contribution in [3.05, 3.63) is 35.7 Å². The summed E-state index contributed by atoms with van der Waals surface area (Å²) in [5, 5.41) is 7.40. The average Bonchev–Trinajstić information content (AvgIpc) is 3.20. The summed E-state index contributed by atoms with van der Waals surface area (Å²) in [4.78, 5) is 27.3. The van der Waals surface area contributed by atoms with Crippen molar-refractivity contribution >= 4 is 34.9 Å². The fraction of sp³-hybridized carbons (Fsp3) is 0.357. The summed E-state index contributed by atoms with van der Waals surface area (Å²) in [6, 6.07) is 3.22. The van der Waals surface area contributed by atoms with Crippen LogP contribution < -0.4 is 10.6 Å². The summed E-state index contributed by atoms with van der Waals surface area (Å²) in [5.41, 5.74) is 0. The Labute approximate surface area is 136 Å². The van der Waals surface area contributed by atoms with Gasteiger partial charge in [0.2, 0.25) is 5.91 Å². The van der Waals surface area contributed by atoms with Gasteiger partial charge in [0, 0.05) is 36.8 Å². The van der Waals surface area contributed by atoms with Crippen LogP contribution in [-0.4, -0.2) is 35.6 Å². The first-order valence-corrected chi connectivity index (χ1v) is 8.73. The van der Waals surface area contributed by atoms with Crippen LogP contribution in [0, 0.1) is 0 Å². The lowest BCUT2D eigenvalue weighted by Gasteiger charge is -2.05. The Bertz CT molecular complexity index is 570. The predicted molar refractivity (Wildman–Crippen MR) is 86.1 cm³/mol. The van der Waals surface area contributed by atoms with Gasteiger partial charge < -0.3 is 15.1 Å². The maximum absolute atomic E-state index is 11.6. The van der Waals surface area contributed by atoms with Gasteiger partial charge in [-0.15, -0.1) is 11.3 Å². The number of hydrogen-bond donors (Lipinski definition) is 2. The van der Waals surface area contributed by atoms with E-state index in [0.29, 0.717) is 13.1 Å². The summed E-state index contributed by atoms with van der Waals surface area (Å²) in [7, 11) is 0. The molecule has 2 aromatic heterocycles. The van der Waals surface area contributed by atoms with E-state index in [-0.39, 0.29) is 24.0 Å². The second kappa shape index (κ2) is 9.26. The fourth-order valence-corrected chi connectivity index (χ4v) is 3.26. The lowest BCUT2D eigenvalue weighted by Crippen LogP contribution is -2.31. The topological polar surface area (TPSA) is 84.2 Å². The van der Waals surface area contributed by atoms with E-state index in [4.69, 9.17) is 4.42 Å². The van der Waals surface area contributed by atoms with Gasteiger partial charge in [0.05, 0.1) is 6.26 Å². The van der Waals surface area contributed by atoms with Crippen molar-refractivity contribution < 1.29 is 14.0 Å². The monoisotopic (exact) mass is 339 g/mol. The van der Waals surface area contributed by atoms with Crippen molar-refractivity contribution in [1.29, 1.82) is 0 Å². The van der Waals surface area contributed by atoms with E-state index in [1.54, 1.807) is 41.4 Å². The SMILES string of the molecule is O=C(CCNC(=O)c1ccco1)NCCCSc1nccs1. The molecule has 0 radical (unpaired) electrons. The molecule has 0 aliphatic carbocycles. The third-order valence-electron chi connectivity index (χ3n) is 2.66. The third-order valence-corrected chi connectivity index (χ3v) is 4.71. The van der Waals surface area contributed by atoms with E-state index in [1.165, 1.54) is 6.26 Å². The van der Waals surface area contributed by atoms with Crippen LogP contribution in [0.25, 0.3) is 0 Å². The maximum Gasteiger partial charge on any atom is 0.286 e. The van der Waals surface area contributed by atoms with Crippen molar-refractivity contribution in [2.75, 3.05) is 18.8 Å². The van der Waals surface area contributed by atoms with Gasteiger partial charge in [-0.1, -0.05) is 11.8 Å². The first kappa shape index (κ1) is 16.6.